The lowest BCUT2D eigenvalue weighted by Gasteiger charge is -2.12. The molecule has 0 saturated heterocycles. The van der Waals surface area contributed by atoms with Crippen LogP contribution in [0, 0.1) is 0 Å². The maximum atomic E-state index is 11.3. The number of carbonyl (C=O) groups is 1. The summed E-state index contributed by atoms with van der Waals surface area (Å²) in [5.41, 5.74) is 3.15. The first-order valence-electron chi connectivity index (χ1n) is 6.83. The van der Waals surface area contributed by atoms with E-state index in [1.165, 1.54) is 11.8 Å². The minimum Gasteiger partial charge on any atom is -0.478 e. The van der Waals surface area contributed by atoms with Crippen molar-refractivity contribution >= 4 is 5.97 Å². The molecule has 4 heteroatoms. The van der Waals surface area contributed by atoms with E-state index >= 15 is 0 Å². The average molecular weight is 272 g/mol. The largest absolute Gasteiger partial charge is 0.478 e. The highest BCUT2D eigenvalue weighted by molar-refractivity contribution is 5.89. The molecular weight excluding hydrogens is 252 g/mol. The predicted octanol–water partition coefficient (Wildman–Crippen LogP) is 3.82. The van der Waals surface area contributed by atoms with Crippen molar-refractivity contribution in [3.05, 3.63) is 47.3 Å². The van der Waals surface area contributed by atoms with E-state index in [2.05, 4.69) is 31.1 Å². The summed E-state index contributed by atoms with van der Waals surface area (Å²) in [6, 6.07) is 8.10. The second-order valence-corrected chi connectivity index (χ2v) is 5.56. The van der Waals surface area contributed by atoms with Gasteiger partial charge in [0.1, 0.15) is 5.56 Å². The Morgan fingerprint density at radius 3 is 2.15 bits per heavy atom. The van der Waals surface area contributed by atoms with Crippen molar-refractivity contribution in [2.75, 3.05) is 0 Å². The van der Waals surface area contributed by atoms with E-state index in [4.69, 9.17) is 0 Å². The molecule has 0 unspecified atom stereocenters. The summed E-state index contributed by atoms with van der Waals surface area (Å²) in [5.74, 6) is -0.368. The van der Waals surface area contributed by atoms with Crippen LogP contribution in [0.4, 0.5) is 0 Å². The molecule has 20 heavy (non-hydrogen) atoms. The average Bonchev–Trinajstić information content (AvgIpc) is 2.83. The van der Waals surface area contributed by atoms with Gasteiger partial charge in [0.25, 0.3) is 0 Å². The zero-order valence-corrected chi connectivity index (χ0v) is 12.3. The van der Waals surface area contributed by atoms with Gasteiger partial charge in [-0.15, -0.1) is 0 Å². The highest BCUT2D eigenvalue weighted by Gasteiger charge is 2.20. The summed E-state index contributed by atoms with van der Waals surface area (Å²) in [4.78, 5) is 11.3. The zero-order valence-electron chi connectivity index (χ0n) is 12.3. The molecule has 0 aliphatic rings. The van der Waals surface area contributed by atoms with E-state index in [-0.39, 0.29) is 11.5 Å². The van der Waals surface area contributed by atoms with Gasteiger partial charge in [0.2, 0.25) is 0 Å². The smallest absolute Gasteiger partial charge is 0.339 e. The second-order valence-electron chi connectivity index (χ2n) is 5.56. The molecule has 1 aromatic heterocycles. The van der Waals surface area contributed by atoms with Crippen LogP contribution in [0.15, 0.2) is 30.5 Å². The molecule has 1 heterocycles. The minimum absolute atomic E-state index is 0.0911. The molecule has 0 amide bonds. The topological polar surface area (TPSA) is 55.1 Å². The van der Waals surface area contributed by atoms with Gasteiger partial charge in [-0.25, -0.2) is 9.48 Å². The quantitative estimate of drug-likeness (QED) is 0.920. The van der Waals surface area contributed by atoms with E-state index in [0.717, 1.165) is 11.4 Å². The fraction of sp³-hybridized carbons (Fsp3) is 0.375. The van der Waals surface area contributed by atoms with Crippen molar-refractivity contribution in [3.63, 3.8) is 0 Å². The van der Waals surface area contributed by atoms with E-state index in [1.54, 1.807) is 4.68 Å². The van der Waals surface area contributed by atoms with Crippen LogP contribution in [-0.2, 0) is 0 Å². The number of carboxylic acids is 1. The Labute approximate surface area is 119 Å². The molecule has 0 bridgehead atoms. The van der Waals surface area contributed by atoms with Crippen LogP contribution in [0.5, 0.6) is 0 Å². The lowest BCUT2D eigenvalue weighted by molar-refractivity contribution is 0.0695. The zero-order chi connectivity index (χ0) is 14.9. The Morgan fingerprint density at radius 1 is 1.10 bits per heavy atom. The fourth-order valence-electron chi connectivity index (χ4n) is 2.28. The molecule has 0 aliphatic carbocycles. The first-order valence-corrected chi connectivity index (χ1v) is 6.83. The summed E-state index contributed by atoms with van der Waals surface area (Å²) in [5, 5.41) is 13.5. The van der Waals surface area contributed by atoms with Gasteiger partial charge in [-0.2, -0.15) is 5.10 Å². The molecule has 2 rings (SSSR count). The number of rotatable bonds is 4. The van der Waals surface area contributed by atoms with Crippen LogP contribution < -0.4 is 0 Å². The van der Waals surface area contributed by atoms with Gasteiger partial charge in [-0.05, 0) is 29.5 Å². The lowest BCUT2D eigenvalue weighted by Crippen LogP contribution is -2.08. The van der Waals surface area contributed by atoms with Crippen LogP contribution in [0.3, 0.4) is 0 Å². The Hall–Kier alpha value is -2.10. The monoisotopic (exact) mass is 272 g/mol. The normalized spacial score (nSPS) is 11.3. The van der Waals surface area contributed by atoms with Gasteiger partial charge >= 0.3 is 5.97 Å². The number of carboxylic acid groups (broad SMARTS) is 1. The van der Waals surface area contributed by atoms with Crippen LogP contribution in [-0.4, -0.2) is 20.9 Å². The highest BCUT2D eigenvalue weighted by Crippen LogP contribution is 2.24. The van der Waals surface area contributed by atoms with Crippen molar-refractivity contribution in [3.8, 4) is 5.69 Å². The predicted molar refractivity (Wildman–Crippen MR) is 78.7 cm³/mol. The number of hydrogen-bond donors (Lipinski definition) is 1. The molecule has 0 saturated carbocycles. The number of nitrogens with zero attached hydrogens (tertiary/aromatic N) is 2. The summed E-state index contributed by atoms with van der Waals surface area (Å²) >= 11 is 0. The van der Waals surface area contributed by atoms with E-state index in [1.807, 2.05) is 26.0 Å². The van der Waals surface area contributed by atoms with Crippen molar-refractivity contribution in [1.82, 2.24) is 9.78 Å². The molecule has 0 spiro atoms. The minimum atomic E-state index is -0.932. The Balaban J connectivity index is 2.49. The molecule has 0 radical (unpaired) electrons. The van der Waals surface area contributed by atoms with Crippen molar-refractivity contribution < 1.29 is 9.90 Å². The van der Waals surface area contributed by atoms with E-state index in [0.29, 0.717) is 5.92 Å². The molecule has 4 nitrogen and oxygen atoms in total. The van der Waals surface area contributed by atoms with Gasteiger partial charge in [-0.1, -0.05) is 39.8 Å². The molecule has 2 aromatic rings. The Morgan fingerprint density at radius 2 is 1.70 bits per heavy atom. The van der Waals surface area contributed by atoms with Gasteiger partial charge < -0.3 is 5.11 Å². The highest BCUT2D eigenvalue weighted by atomic mass is 16.4. The van der Waals surface area contributed by atoms with Crippen LogP contribution in [0.1, 0.15) is 61.1 Å². The first-order chi connectivity index (χ1) is 9.41. The fourth-order valence-corrected chi connectivity index (χ4v) is 2.28. The first kappa shape index (κ1) is 14.3. The van der Waals surface area contributed by atoms with Crippen LogP contribution in [0.2, 0.25) is 0 Å². The molecule has 1 N–H and O–H groups in total. The van der Waals surface area contributed by atoms with Gasteiger partial charge in [0.05, 0.1) is 17.6 Å². The maximum absolute atomic E-state index is 11.3. The third-order valence-electron chi connectivity index (χ3n) is 3.39. The summed E-state index contributed by atoms with van der Waals surface area (Å²) in [6.45, 7) is 8.24. The number of aromatic nitrogens is 2. The van der Waals surface area contributed by atoms with E-state index in [9.17, 15) is 9.90 Å². The van der Waals surface area contributed by atoms with Crippen LogP contribution >= 0.6 is 0 Å². The van der Waals surface area contributed by atoms with E-state index < -0.39 is 5.97 Å². The summed E-state index contributed by atoms with van der Waals surface area (Å²) in [7, 11) is 0. The van der Waals surface area contributed by atoms with Gasteiger partial charge in [0.15, 0.2) is 0 Å². The number of aromatic carboxylic acids is 1. The Kier molecular flexibility index (Phi) is 3.93. The lowest BCUT2D eigenvalue weighted by atomic mass is 10.0. The summed E-state index contributed by atoms with van der Waals surface area (Å²) < 4.78 is 1.72. The standard InChI is InChI=1S/C16H20N2O2/c1-10(2)12-5-7-13(8-6-12)18-15(11(3)4)14(9-17-18)16(19)20/h5-11H,1-4H3,(H,19,20). The molecule has 0 fully saturated rings. The maximum Gasteiger partial charge on any atom is 0.339 e. The molecule has 0 atom stereocenters. The molecular formula is C16H20N2O2. The SMILES string of the molecule is CC(C)c1ccc(-n2ncc(C(=O)O)c2C(C)C)cc1. The van der Waals surface area contributed by atoms with Crippen molar-refractivity contribution in [2.45, 2.75) is 39.5 Å². The van der Waals surface area contributed by atoms with Crippen LogP contribution in [0.25, 0.3) is 5.69 Å². The third-order valence-corrected chi connectivity index (χ3v) is 3.39. The molecule has 106 valence electrons. The molecule has 1 aromatic carbocycles. The number of hydrogen-bond acceptors (Lipinski definition) is 2. The van der Waals surface area contributed by atoms with Crippen molar-refractivity contribution in [1.29, 1.82) is 0 Å². The van der Waals surface area contributed by atoms with Crippen molar-refractivity contribution in [2.24, 2.45) is 0 Å². The second kappa shape index (κ2) is 5.49. The summed E-state index contributed by atoms with van der Waals surface area (Å²) in [6.07, 6.45) is 1.42. The Bertz CT molecular complexity index is 610. The third kappa shape index (κ3) is 2.59. The van der Waals surface area contributed by atoms with Gasteiger partial charge in [-0.3, -0.25) is 0 Å². The van der Waals surface area contributed by atoms with Gasteiger partial charge in [0, 0.05) is 0 Å². The molecule has 0 aliphatic heterocycles. The number of benzene rings is 1.